The lowest BCUT2D eigenvalue weighted by molar-refractivity contribution is 0.582. The lowest BCUT2D eigenvalue weighted by Crippen LogP contribution is -2.08. The first-order valence-electron chi connectivity index (χ1n) is 5.01. The first-order chi connectivity index (χ1) is 8.08. The molecule has 5 heteroatoms. The Morgan fingerprint density at radius 2 is 2.12 bits per heavy atom. The summed E-state index contributed by atoms with van der Waals surface area (Å²) in [5.74, 6) is -1.19. The van der Waals surface area contributed by atoms with E-state index in [1.807, 2.05) is 23.8 Å². The third-order valence-electron chi connectivity index (χ3n) is 2.41. The van der Waals surface area contributed by atoms with Crippen molar-refractivity contribution in [3.05, 3.63) is 50.6 Å². The fourth-order valence-corrected chi connectivity index (χ4v) is 2.78. The number of benzene rings is 1. The van der Waals surface area contributed by atoms with E-state index in [-0.39, 0.29) is 11.7 Å². The Morgan fingerprint density at radius 1 is 1.35 bits per heavy atom. The second-order valence-electron chi connectivity index (χ2n) is 3.67. The topological polar surface area (TPSA) is 12.0 Å². The molecule has 2 aromatic rings. The van der Waals surface area contributed by atoms with Gasteiger partial charge >= 0.3 is 0 Å². The van der Waals surface area contributed by atoms with E-state index in [9.17, 15) is 8.78 Å². The Balaban J connectivity index is 2.25. The van der Waals surface area contributed by atoms with Gasteiger partial charge in [-0.3, -0.25) is 0 Å². The minimum Gasteiger partial charge on any atom is -0.375 e. The van der Waals surface area contributed by atoms with Crippen molar-refractivity contribution in [3.63, 3.8) is 0 Å². The van der Waals surface area contributed by atoms with E-state index in [1.54, 1.807) is 11.3 Å². The van der Waals surface area contributed by atoms with Gasteiger partial charge in [-0.15, -0.1) is 0 Å². The molecule has 0 aliphatic heterocycles. The van der Waals surface area contributed by atoms with Gasteiger partial charge in [-0.1, -0.05) is 0 Å². The van der Waals surface area contributed by atoms with Crippen molar-refractivity contribution in [2.75, 3.05) is 5.32 Å². The summed E-state index contributed by atoms with van der Waals surface area (Å²) in [7, 11) is 0. The average Bonchev–Trinajstić information content (AvgIpc) is 2.76. The normalized spacial score (nSPS) is 12.5. The Labute approximate surface area is 111 Å². The van der Waals surface area contributed by atoms with Crippen molar-refractivity contribution in [1.29, 1.82) is 0 Å². The second-order valence-corrected chi connectivity index (χ2v) is 5.30. The molecule has 2 rings (SSSR count). The lowest BCUT2D eigenvalue weighted by Gasteiger charge is -2.16. The van der Waals surface area contributed by atoms with E-state index >= 15 is 0 Å². The molecule has 0 spiro atoms. The van der Waals surface area contributed by atoms with Gasteiger partial charge in [0.15, 0.2) is 0 Å². The Bertz CT molecular complexity index is 490. The molecule has 0 radical (unpaired) electrons. The molecule has 0 saturated heterocycles. The smallest absolute Gasteiger partial charge is 0.150 e. The Hall–Kier alpha value is -0.940. The van der Waals surface area contributed by atoms with Crippen molar-refractivity contribution in [3.8, 4) is 0 Å². The maximum Gasteiger partial charge on any atom is 0.150 e. The van der Waals surface area contributed by atoms with E-state index in [4.69, 9.17) is 0 Å². The zero-order valence-electron chi connectivity index (χ0n) is 9.01. The quantitative estimate of drug-likeness (QED) is 0.843. The highest BCUT2D eigenvalue weighted by molar-refractivity contribution is 9.10. The van der Waals surface area contributed by atoms with Crippen molar-refractivity contribution < 1.29 is 8.78 Å². The molecule has 1 aromatic heterocycles. The molecule has 1 unspecified atom stereocenters. The van der Waals surface area contributed by atoms with Gasteiger partial charge in [-0.2, -0.15) is 11.3 Å². The predicted molar refractivity (Wildman–Crippen MR) is 70.4 cm³/mol. The summed E-state index contributed by atoms with van der Waals surface area (Å²) in [5, 5.41) is 6.98. The summed E-state index contributed by atoms with van der Waals surface area (Å²) >= 11 is 4.73. The highest BCUT2D eigenvalue weighted by atomic mass is 79.9. The number of hydrogen-bond acceptors (Lipinski definition) is 2. The number of nitrogens with one attached hydrogen (secondary N) is 1. The largest absolute Gasteiger partial charge is 0.375 e. The highest BCUT2D eigenvalue weighted by Crippen LogP contribution is 2.30. The van der Waals surface area contributed by atoms with Crippen molar-refractivity contribution >= 4 is 33.0 Å². The molecule has 0 bridgehead atoms. The number of rotatable bonds is 3. The molecule has 0 aliphatic carbocycles. The van der Waals surface area contributed by atoms with Crippen LogP contribution in [-0.4, -0.2) is 0 Å². The monoisotopic (exact) mass is 317 g/mol. The summed E-state index contributed by atoms with van der Waals surface area (Å²) < 4.78 is 26.9. The van der Waals surface area contributed by atoms with Crippen LogP contribution in [0.3, 0.4) is 0 Å². The first-order valence-corrected chi connectivity index (χ1v) is 6.74. The summed E-state index contributed by atoms with van der Waals surface area (Å²) in [6, 6.07) is 4.05. The molecule has 1 N–H and O–H groups in total. The van der Waals surface area contributed by atoms with Crippen LogP contribution in [0.25, 0.3) is 0 Å². The van der Waals surface area contributed by atoms with Gasteiger partial charge in [-0.25, -0.2) is 8.78 Å². The number of thiophene rings is 1. The van der Waals surface area contributed by atoms with Crippen LogP contribution >= 0.6 is 27.3 Å². The fraction of sp³-hybridized carbons (Fsp3) is 0.167. The molecular weight excluding hydrogens is 308 g/mol. The zero-order valence-corrected chi connectivity index (χ0v) is 11.4. The number of halogens is 3. The third kappa shape index (κ3) is 2.84. The fourth-order valence-electron chi connectivity index (χ4n) is 1.50. The van der Waals surface area contributed by atoms with Crippen LogP contribution in [0.1, 0.15) is 18.5 Å². The maximum atomic E-state index is 13.6. The van der Waals surface area contributed by atoms with Crippen LogP contribution in [0.15, 0.2) is 33.4 Å². The standard InChI is InChI=1S/C12H10BrF2NS/c1-7(8-2-3-17-6-8)16-12-10(13)4-9(14)5-11(12)15/h2-7,16H,1H3. The van der Waals surface area contributed by atoms with Crippen molar-refractivity contribution in [2.45, 2.75) is 13.0 Å². The van der Waals surface area contributed by atoms with Crippen LogP contribution in [0.5, 0.6) is 0 Å². The van der Waals surface area contributed by atoms with Gasteiger partial charge in [0.1, 0.15) is 11.6 Å². The van der Waals surface area contributed by atoms with Crippen LogP contribution in [0.4, 0.5) is 14.5 Å². The van der Waals surface area contributed by atoms with Gasteiger partial charge < -0.3 is 5.32 Å². The third-order valence-corrected chi connectivity index (χ3v) is 3.74. The minimum absolute atomic E-state index is 0.0301. The second kappa shape index (κ2) is 5.14. The summed E-state index contributed by atoms with van der Waals surface area (Å²) in [6.07, 6.45) is 0. The zero-order chi connectivity index (χ0) is 12.4. The predicted octanol–water partition coefficient (Wildman–Crippen LogP) is 4.96. The van der Waals surface area contributed by atoms with Gasteiger partial charge in [0, 0.05) is 16.6 Å². The average molecular weight is 318 g/mol. The Morgan fingerprint density at radius 3 is 2.71 bits per heavy atom. The van der Waals surface area contributed by atoms with E-state index in [0.717, 1.165) is 11.6 Å². The van der Waals surface area contributed by atoms with E-state index in [1.165, 1.54) is 6.07 Å². The molecule has 1 heterocycles. The molecule has 0 fully saturated rings. The molecule has 17 heavy (non-hydrogen) atoms. The number of hydrogen-bond donors (Lipinski definition) is 1. The molecule has 0 amide bonds. The van der Waals surface area contributed by atoms with Gasteiger partial charge in [0.05, 0.1) is 5.69 Å². The molecule has 0 aliphatic rings. The number of anilines is 1. The van der Waals surface area contributed by atoms with Crippen LogP contribution in [0, 0.1) is 11.6 Å². The van der Waals surface area contributed by atoms with Gasteiger partial charge in [-0.05, 0) is 51.3 Å². The molecular formula is C12H10BrF2NS. The molecule has 1 atom stereocenters. The van der Waals surface area contributed by atoms with E-state index < -0.39 is 11.6 Å². The molecule has 90 valence electrons. The summed E-state index contributed by atoms with van der Waals surface area (Å²) in [4.78, 5) is 0. The van der Waals surface area contributed by atoms with Crippen molar-refractivity contribution in [2.24, 2.45) is 0 Å². The SMILES string of the molecule is CC(Nc1c(F)cc(F)cc1Br)c1ccsc1. The van der Waals surface area contributed by atoms with Gasteiger partial charge in [0.2, 0.25) is 0 Å². The van der Waals surface area contributed by atoms with Crippen LogP contribution in [-0.2, 0) is 0 Å². The minimum atomic E-state index is -0.598. The van der Waals surface area contributed by atoms with Crippen LogP contribution in [0.2, 0.25) is 0 Å². The van der Waals surface area contributed by atoms with Crippen LogP contribution < -0.4 is 5.32 Å². The highest BCUT2D eigenvalue weighted by Gasteiger charge is 2.13. The van der Waals surface area contributed by atoms with E-state index in [0.29, 0.717) is 4.47 Å². The molecule has 1 aromatic carbocycles. The lowest BCUT2D eigenvalue weighted by atomic mass is 10.1. The van der Waals surface area contributed by atoms with Gasteiger partial charge in [0.25, 0.3) is 0 Å². The molecule has 1 nitrogen and oxygen atoms in total. The molecule has 0 saturated carbocycles. The first kappa shape index (κ1) is 12.5. The summed E-state index contributed by atoms with van der Waals surface area (Å²) in [5.41, 5.74) is 1.36. The summed E-state index contributed by atoms with van der Waals surface area (Å²) in [6.45, 7) is 1.93. The Kier molecular flexibility index (Phi) is 3.79. The maximum absolute atomic E-state index is 13.6. The van der Waals surface area contributed by atoms with Crippen molar-refractivity contribution in [1.82, 2.24) is 0 Å². The van der Waals surface area contributed by atoms with E-state index in [2.05, 4.69) is 21.2 Å².